The van der Waals surface area contributed by atoms with Crippen LogP contribution in [0.3, 0.4) is 0 Å². The Kier molecular flexibility index (Phi) is 5.95. The zero-order chi connectivity index (χ0) is 15.1. The Labute approximate surface area is 117 Å². The van der Waals surface area contributed by atoms with Gasteiger partial charge in [0.15, 0.2) is 5.82 Å². The third-order valence-electron chi connectivity index (χ3n) is 2.78. The second-order valence-corrected chi connectivity index (χ2v) is 4.49. The lowest BCUT2D eigenvalue weighted by molar-refractivity contribution is -0.141. The lowest BCUT2D eigenvalue weighted by Crippen LogP contribution is -2.43. The van der Waals surface area contributed by atoms with Gasteiger partial charge in [-0.05, 0) is 6.92 Å². The highest BCUT2D eigenvalue weighted by atomic mass is 16.5. The fourth-order valence-corrected chi connectivity index (χ4v) is 1.60. The highest BCUT2D eigenvalue weighted by Crippen LogP contribution is 2.01. The predicted molar refractivity (Wildman–Crippen MR) is 70.2 cm³/mol. The topological polar surface area (TPSA) is 109 Å². The number of amides is 2. The van der Waals surface area contributed by atoms with Crippen molar-refractivity contribution >= 4 is 12.0 Å². The van der Waals surface area contributed by atoms with E-state index in [1.54, 1.807) is 20.8 Å². The molecule has 0 saturated carbocycles. The van der Waals surface area contributed by atoms with Crippen molar-refractivity contribution in [1.29, 1.82) is 0 Å². The van der Waals surface area contributed by atoms with E-state index in [9.17, 15) is 9.59 Å². The maximum Gasteiger partial charge on any atom is 0.317 e. The first kappa shape index (κ1) is 15.9. The van der Waals surface area contributed by atoms with Gasteiger partial charge in [0, 0.05) is 33.0 Å². The van der Waals surface area contributed by atoms with Crippen LogP contribution < -0.4 is 5.32 Å². The number of rotatable bonds is 7. The Morgan fingerprint density at radius 3 is 2.70 bits per heavy atom. The molecule has 1 rings (SSSR count). The molecule has 1 aromatic rings. The van der Waals surface area contributed by atoms with Gasteiger partial charge < -0.3 is 19.8 Å². The number of carboxylic acids is 1. The highest BCUT2D eigenvalue weighted by Gasteiger charge is 2.19. The van der Waals surface area contributed by atoms with Crippen LogP contribution in [0.25, 0.3) is 0 Å². The van der Waals surface area contributed by atoms with Crippen molar-refractivity contribution < 1.29 is 19.2 Å². The second kappa shape index (κ2) is 7.46. The van der Waals surface area contributed by atoms with Gasteiger partial charge in [-0.25, -0.2) is 4.79 Å². The Balaban J connectivity index is 2.37. The Hall–Kier alpha value is -2.12. The average molecular weight is 284 g/mol. The number of urea groups is 1. The molecule has 1 atom stereocenters. The number of hydrogen-bond donors (Lipinski definition) is 2. The van der Waals surface area contributed by atoms with E-state index in [4.69, 9.17) is 9.63 Å². The summed E-state index contributed by atoms with van der Waals surface area (Å²) >= 11 is 0. The zero-order valence-corrected chi connectivity index (χ0v) is 11.9. The molecule has 112 valence electrons. The van der Waals surface area contributed by atoms with Gasteiger partial charge in [0.05, 0.1) is 5.92 Å². The smallest absolute Gasteiger partial charge is 0.317 e. The number of hydrogen-bond acceptors (Lipinski definition) is 5. The van der Waals surface area contributed by atoms with Gasteiger partial charge in [0.1, 0.15) is 0 Å². The number of carboxylic acid groups (broad SMARTS) is 1. The summed E-state index contributed by atoms with van der Waals surface area (Å²) in [5.74, 6) is -0.499. The molecule has 2 amide bonds. The van der Waals surface area contributed by atoms with Gasteiger partial charge in [-0.3, -0.25) is 4.79 Å². The van der Waals surface area contributed by atoms with Gasteiger partial charge in [-0.1, -0.05) is 12.1 Å². The summed E-state index contributed by atoms with van der Waals surface area (Å²) in [6.45, 7) is 6.07. The molecule has 0 aliphatic carbocycles. The van der Waals surface area contributed by atoms with Crippen molar-refractivity contribution in [2.75, 3.05) is 19.6 Å². The lowest BCUT2D eigenvalue weighted by Gasteiger charge is -2.23. The molecule has 0 saturated heterocycles. The van der Waals surface area contributed by atoms with E-state index in [-0.39, 0.29) is 12.6 Å². The standard InChI is InChI=1S/C12H20N4O4/c1-4-16(7-8(2)11(17)18)12(19)13-6-5-10-14-9(3)20-15-10/h8H,4-7H2,1-3H3,(H,13,19)(H,17,18). The molecule has 0 fully saturated rings. The van der Waals surface area contributed by atoms with Gasteiger partial charge in [0.25, 0.3) is 0 Å². The molecular weight excluding hydrogens is 264 g/mol. The number of aromatic nitrogens is 2. The summed E-state index contributed by atoms with van der Waals surface area (Å²) in [6.07, 6.45) is 0.467. The minimum Gasteiger partial charge on any atom is -0.481 e. The fraction of sp³-hybridized carbons (Fsp3) is 0.667. The van der Waals surface area contributed by atoms with Crippen LogP contribution in [0.1, 0.15) is 25.6 Å². The number of nitrogens with zero attached hydrogens (tertiary/aromatic N) is 3. The highest BCUT2D eigenvalue weighted by molar-refractivity contribution is 5.75. The van der Waals surface area contributed by atoms with E-state index in [0.29, 0.717) is 31.2 Å². The molecule has 0 bridgehead atoms. The normalized spacial score (nSPS) is 11.9. The van der Waals surface area contributed by atoms with E-state index < -0.39 is 11.9 Å². The van der Waals surface area contributed by atoms with Crippen LogP contribution in [-0.2, 0) is 11.2 Å². The molecule has 8 nitrogen and oxygen atoms in total. The number of aryl methyl sites for hydroxylation is 1. The minimum atomic E-state index is -0.918. The first-order valence-electron chi connectivity index (χ1n) is 6.48. The van der Waals surface area contributed by atoms with Crippen LogP contribution >= 0.6 is 0 Å². The van der Waals surface area contributed by atoms with E-state index in [0.717, 1.165) is 0 Å². The van der Waals surface area contributed by atoms with E-state index >= 15 is 0 Å². The van der Waals surface area contributed by atoms with Crippen LogP contribution in [0.4, 0.5) is 4.79 Å². The van der Waals surface area contributed by atoms with Gasteiger partial charge in [-0.2, -0.15) is 4.98 Å². The summed E-state index contributed by atoms with van der Waals surface area (Å²) in [5, 5.41) is 15.3. The summed E-state index contributed by atoms with van der Waals surface area (Å²) in [7, 11) is 0. The summed E-state index contributed by atoms with van der Waals surface area (Å²) in [5.41, 5.74) is 0. The number of nitrogens with one attached hydrogen (secondary N) is 1. The van der Waals surface area contributed by atoms with Crippen molar-refractivity contribution in [2.45, 2.75) is 27.2 Å². The van der Waals surface area contributed by atoms with Gasteiger partial charge in [0.2, 0.25) is 5.89 Å². The Morgan fingerprint density at radius 2 is 2.20 bits per heavy atom. The number of carbonyl (C=O) groups is 2. The second-order valence-electron chi connectivity index (χ2n) is 4.49. The summed E-state index contributed by atoms with van der Waals surface area (Å²) in [4.78, 5) is 28.2. The Bertz CT molecular complexity index is 460. The molecule has 0 aromatic carbocycles. The molecule has 2 N–H and O–H groups in total. The van der Waals surface area contributed by atoms with Crippen LogP contribution in [-0.4, -0.2) is 51.8 Å². The molecule has 0 radical (unpaired) electrons. The van der Waals surface area contributed by atoms with E-state index in [2.05, 4.69) is 15.5 Å². The van der Waals surface area contributed by atoms with Crippen molar-refractivity contribution in [1.82, 2.24) is 20.4 Å². The van der Waals surface area contributed by atoms with Crippen LogP contribution in [0.5, 0.6) is 0 Å². The maximum atomic E-state index is 11.9. The molecule has 0 aliphatic rings. The third-order valence-corrected chi connectivity index (χ3v) is 2.78. The molecule has 20 heavy (non-hydrogen) atoms. The summed E-state index contributed by atoms with van der Waals surface area (Å²) < 4.78 is 4.82. The quantitative estimate of drug-likeness (QED) is 0.762. The van der Waals surface area contributed by atoms with Crippen LogP contribution in [0.15, 0.2) is 4.52 Å². The molecular formula is C12H20N4O4. The number of carbonyl (C=O) groups excluding carboxylic acids is 1. The average Bonchev–Trinajstić information content (AvgIpc) is 2.81. The molecule has 0 spiro atoms. The van der Waals surface area contributed by atoms with E-state index in [1.165, 1.54) is 4.90 Å². The first-order valence-corrected chi connectivity index (χ1v) is 6.48. The fourth-order valence-electron chi connectivity index (χ4n) is 1.60. The maximum absolute atomic E-state index is 11.9. The molecule has 1 aromatic heterocycles. The van der Waals surface area contributed by atoms with Crippen molar-refractivity contribution in [3.63, 3.8) is 0 Å². The molecule has 1 unspecified atom stereocenters. The zero-order valence-electron chi connectivity index (χ0n) is 11.9. The SMILES string of the molecule is CCN(CC(C)C(=O)O)C(=O)NCCc1noc(C)n1. The molecule has 0 aliphatic heterocycles. The van der Waals surface area contributed by atoms with Crippen molar-refractivity contribution in [3.8, 4) is 0 Å². The summed E-state index contributed by atoms with van der Waals surface area (Å²) in [6, 6.07) is -0.291. The monoisotopic (exact) mass is 284 g/mol. The first-order chi connectivity index (χ1) is 9.43. The van der Waals surface area contributed by atoms with Crippen LogP contribution in [0, 0.1) is 12.8 Å². The van der Waals surface area contributed by atoms with Gasteiger partial charge >= 0.3 is 12.0 Å². The number of aliphatic carboxylic acids is 1. The van der Waals surface area contributed by atoms with Crippen molar-refractivity contribution in [2.24, 2.45) is 5.92 Å². The molecule has 8 heteroatoms. The largest absolute Gasteiger partial charge is 0.481 e. The Morgan fingerprint density at radius 1 is 1.50 bits per heavy atom. The van der Waals surface area contributed by atoms with Crippen LogP contribution in [0.2, 0.25) is 0 Å². The molecule has 1 heterocycles. The van der Waals surface area contributed by atoms with Crippen molar-refractivity contribution in [3.05, 3.63) is 11.7 Å². The predicted octanol–water partition coefficient (Wildman–Crippen LogP) is 0.673. The third kappa shape index (κ3) is 4.87. The minimum absolute atomic E-state index is 0.180. The van der Waals surface area contributed by atoms with E-state index in [1.807, 2.05) is 0 Å². The van der Waals surface area contributed by atoms with Gasteiger partial charge in [-0.15, -0.1) is 0 Å². The lowest BCUT2D eigenvalue weighted by atomic mass is 10.2.